The largest absolute Gasteiger partial charge is 0.493 e. The minimum atomic E-state index is 0.142. The van der Waals surface area contributed by atoms with E-state index in [2.05, 4.69) is 0 Å². The average Bonchev–Trinajstić information content (AvgIpc) is 2.66. The Hall–Kier alpha value is -1.55. The zero-order valence-electron chi connectivity index (χ0n) is 9.41. The Bertz CT molecular complexity index is 412. The maximum Gasteiger partial charge on any atom is 0.188 e. The van der Waals surface area contributed by atoms with E-state index in [-0.39, 0.29) is 12.6 Å². The van der Waals surface area contributed by atoms with Gasteiger partial charge in [0.1, 0.15) is 0 Å². The third-order valence-corrected chi connectivity index (χ3v) is 2.64. The van der Waals surface area contributed by atoms with Crippen LogP contribution in [0.2, 0.25) is 0 Å². The highest BCUT2D eigenvalue weighted by Gasteiger charge is 2.22. The Morgan fingerprint density at radius 3 is 2.69 bits per heavy atom. The molecule has 0 saturated heterocycles. The number of methoxy groups -OCH3 is 2. The fraction of sp³-hybridized carbons (Fsp3) is 0.417. The molecule has 16 heavy (non-hydrogen) atoms. The minimum Gasteiger partial charge on any atom is -0.493 e. The highest BCUT2D eigenvalue weighted by Crippen LogP contribution is 2.34. The highest BCUT2D eigenvalue weighted by atomic mass is 16.7. The standard InChI is InChI=1S/C12H14O4/c1-14-7-16-12-6-9-8(3-4-10(9)13)5-11(12)15-2/h5-6H,3-4,7H2,1-2H3. The van der Waals surface area contributed by atoms with Gasteiger partial charge >= 0.3 is 0 Å². The maximum absolute atomic E-state index is 11.6. The van der Waals surface area contributed by atoms with Crippen molar-refractivity contribution in [2.24, 2.45) is 0 Å². The van der Waals surface area contributed by atoms with Crippen molar-refractivity contribution in [1.82, 2.24) is 0 Å². The number of carbonyl (C=O) groups is 1. The molecular weight excluding hydrogens is 208 g/mol. The highest BCUT2D eigenvalue weighted by molar-refractivity contribution is 6.01. The van der Waals surface area contributed by atoms with Crippen molar-refractivity contribution in [1.29, 1.82) is 0 Å². The molecule has 0 aromatic heterocycles. The number of hydrogen-bond donors (Lipinski definition) is 0. The van der Waals surface area contributed by atoms with Crippen molar-refractivity contribution in [2.75, 3.05) is 21.0 Å². The van der Waals surface area contributed by atoms with Gasteiger partial charge in [0.25, 0.3) is 0 Å². The van der Waals surface area contributed by atoms with E-state index in [1.54, 1.807) is 20.3 Å². The van der Waals surface area contributed by atoms with Crippen molar-refractivity contribution in [3.63, 3.8) is 0 Å². The molecule has 1 aromatic rings. The molecule has 0 aliphatic heterocycles. The molecule has 0 spiro atoms. The fourth-order valence-corrected chi connectivity index (χ4v) is 1.85. The van der Waals surface area contributed by atoms with Crippen LogP contribution in [0.3, 0.4) is 0 Å². The first-order chi connectivity index (χ1) is 7.76. The van der Waals surface area contributed by atoms with Gasteiger partial charge in [-0.15, -0.1) is 0 Å². The van der Waals surface area contributed by atoms with Gasteiger partial charge in [-0.2, -0.15) is 0 Å². The molecule has 0 bridgehead atoms. The summed E-state index contributed by atoms with van der Waals surface area (Å²) in [5.41, 5.74) is 1.78. The number of fused-ring (bicyclic) bond motifs is 1. The summed E-state index contributed by atoms with van der Waals surface area (Å²) in [7, 11) is 3.13. The second kappa shape index (κ2) is 4.53. The van der Waals surface area contributed by atoms with Crippen molar-refractivity contribution < 1.29 is 19.0 Å². The number of Topliss-reactive ketones (excluding diaryl/α,β-unsaturated/α-hetero) is 1. The van der Waals surface area contributed by atoms with E-state index >= 15 is 0 Å². The third-order valence-electron chi connectivity index (χ3n) is 2.64. The molecule has 1 aromatic carbocycles. The van der Waals surface area contributed by atoms with Gasteiger partial charge in [0.15, 0.2) is 24.1 Å². The third kappa shape index (κ3) is 1.88. The lowest BCUT2D eigenvalue weighted by molar-refractivity contribution is 0.0490. The van der Waals surface area contributed by atoms with Crippen LogP contribution in [0.15, 0.2) is 12.1 Å². The topological polar surface area (TPSA) is 44.8 Å². The molecule has 0 atom stereocenters. The van der Waals surface area contributed by atoms with Crippen LogP contribution in [0.25, 0.3) is 0 Å². The van der Waals surface area contributed by atoms with Gasteiger partial charge in [-0.1, -0.05) is 0 Å². The molecule has 4 heteroatoms. The van der Waals surface area contributed by atoms with Crippen LogP contribution >= 0.6 is 0 Å². The summed E-state index contributed by atoms with van der Waals surface area (Å²) in [6.07, 6.45) is 1.36. The van der Waals surface area contributed by atoms with Crippen LogP contribution in [0.5, 0.6) is 11.5 Å². The summed E-state index contributed by atoms with van der Waals surface area (Å²) < 4.78 is 15.4. The van der Waals surface area contributed by atoms with Gasteiger partial charge in [-0.05, 0) is 24.1 Å². The molecule has 0 fully saturated rings. The Kier molecular flexibility index (Phi) is 3.10. The molecule has 86 valence electrons. The van der Waals surface area contributed by atoms with Crippen LogP contribution in [-0.2, 0) is 11.2 Å². The van der Waals surface area contributed by atoms with E-state index in [9.17, 15) is 4.79 Å². The SMILES string of the molecule is COCOc1cc2c(cc1OC)CCC2=O. The van der Waals surface area contributed by atoms with Gasteiger partial charge in [0.05, 0.1) is 7.11 Å². The Morgan fingerprint density at radius 1 is 1.19 bits per heavy atom. The lowest BCUT2D eigenvalue weighted by atomic mass is 10.1. The molecule has 0 saturated carbocycles. The number of hydrogen-bond acceptors (Lipinski definition) is 4. The van der Waals surface area contributed by atoms with Gasteiger partial charge in [0, 0.05) is 19.1 Å². The van der Waals surface area contributed by atoms with E-state index in [0.29, 0.717) is 17.9 Å². The number of benzene rings is 1. The predicted octanol–water partition coefficient (Wildman–Crippen LogP) is 1.81. The minimum absolute atomic E-state index is 0.142. The van der Waals surface area contributed by atoms with Crippen LogP contribution in [-0.4, -0.2) is 26.8 Å². The molecule has 1 aliphatic carbocycles. The zero-order valence-corrected chi connectivity index (χ0v) is 9.41. The van der Waals surface area contributed by atoms with E-state index in [0.717, 1.165) is 17.5 Å². The number of ketones is 1. The summed E-state index contributed by atoms with van der Waals surface area (Å²) in [5.74, 6) is 1.36. The van der Waals surface area contributed by atoms with E-state index in [1.807, 2.05) is 6.07 Å². The molecule has 0 N–H and O–H groups in total. The Labute approximate surface area is 94.1 Å². The lowest BCUT2D eigenvalue weighted by Gasteiger charge is -2.11. The second-order valence-corrected chi connectivity index (χ2v) is 3.63. The normalized spacial score (nSPS) is 13.8. The van der Waals surface area contributed by atoms with E-state index in [4.69, 9.17) is 14.2 Å². The van der Waals surface area contributed by atoms with Crippen LogP contribution in [0, 0.1) is 0 Å². The van der Waals surface area contributed by atoms with Crippen molar-refractivity contribution in [3.8, 4) is 11.5 Å². The van der Waals surface area contributed by atoms with Crippen LogP contribution in [0.1, 0.15) is 22.3 Å². The molecule has 1 aliphatic rings. The summed E-state index contributed by atoms with van der Waals surface area (Å²) in [4.78, 5) is 11.6. The first-order valence-corrected chi connectivity index (χ1v) is 5.12. The van der Waals surface area contributed by atoms with Crippen molar-refractivity contribution in [3.05, 3.63) is 23.3 Å². The van der Waals surface area contributed by atoms with Crippen LogP contribution in [0.4, 0.5) is 0 Å². The number of ether oxygens (including phenoxy) is 3. The number of carbonyl (C=O) groups excluding carboxylic acids is 1. The Balaban J connectivity index is 2.35. The smallest absolute Gasteiger partial charge is 0.188 e. The van der Waals surface area contributed by atoms with Gasteiger partial charge in [-0.3, -0.25) is 4.79 Å². The number of aryl methyl sites for hydroxylation is 1. The van der Waals surface area contributed by atoms with Gasteiger partial charge < -0.3 is 14.2 Å². The first-order valence-electron chi connectivity index (χ1n) is 5.12. The molecule has 0 unspecified atom stereocenters. The maximum atomic E-state index is 11.6. The molecule has 4 nitrogen and oxygen atoms in total. The summed E-state index contributed by atoms with van der Waals surface area (Å²) in [5, 5.41) is 0. The van der Waals surface area contributed by atoms with E-state index < -0.39 is 0 Å². The Morgan fingerprint density at radius 2 is 2.00 bits per heavy atom. The molecular formula is C12H14O4. The monoisotopic (exact) mass is 222 g/mol. The predicted molar refractivity (Wildman–Crippen MR) is 58.1 cm³/mol. The summed E-state index contributed by atoms with van der Waals surface area (Å²) >= 11 is 0. The summed E-state index contributed by atoms with van der Waals surface area (Å²) in [6.45, 7) is 0.142. The van der Waals surface area contributed by atoms with E-state index in [1.165, 1.54) is 0 Å². The molecule has 0 heterocycles. The quantitative estimate of drug-likeness (QED) is 0.729. The zero-order chi connectivity index (χ0) is 11.5. The average molecular weight is 222 g/mol. The summed E-state index contributed by atoms with van der Waals surface area (Å²) in [6, 6.07) is 3.60. The molecule has 0 radical (unpaired) electrons. The van der Waals surface area contributed by atoms with Crippen molar-refractivity contribution >= 4 is 5.78 Å². The van der Waals surface area contributed by atoms with Crippen molar-refractivity contribution in [2.45, 2.75) is 12.8 Å². The van der Waals surface area contributed by atoms with Crippen LogP contribution < -0.4 is 9.47 Å². The lowest BCUT2D eigenvalue weighted by Crippen LogP contribution is -2.02. The second-order valence-electron chi connectivity index (χ2n) is 3.63. The molecule has 0 amide bonds. The van der Waals surface area contributed by atoms with Gasteiger partial charge in [0.2, 0.25) is 0 Å². The number of rotatable bonds is 4. The first kappa shape index (κ1) is 11.0. The molecule has 2 rings (SSSR count). The fourth-order valence-electron chi connectivity index (χ4n) is 1.85. The van der Waals surface area contributed by atoms with Gasteiger partial charge in [-0.25, -0.2) is 0 Å².